The molecule has 10 heteroatoms. The van der Waals surface area contributed by atoms with E-state index in [1.54, 1.807) is 25.3 Å². The normalized spacial score (nSPS) is 10.6. The van der Waals surface area contributed by atoms with Crippen LogP contribution in [-0.2, 0) is 0 Å². The van der Waals surface area contributed by atoms with Gasteiger partial charge in [0.15, 0.2) is 11.5 Å². The van der Waals surface area contributed by atoms with Crippen molar-refractivity contribution in [3.8, 4) is 23.0 Å². The lowest BCUT2D eigenvalue weighted by Gasteiger charge is -2.07. The van der Waals surface area contributed by atoms with E-state index in [4.69, 9.17) is 25.5 Å². The monoisotopic (exact) mass is 393 g/mol. The van der Waals surface area contributed by atoms with E-state index in [0.717, 1.165) is 11.8 Å². The zero-order chi connectivity index (χ0) is 18.7. The first-order valence-corrected chi connectivity index (χ1v) is 8.39. The molecule has 0 bridgehead atoms. The first-order valence-electron chi connectivity index (χ1n) is 7.19. The maximum Gasteiger partial charge on any atom is 0.281 e. The first kappa shape index (κ1) is 18.0. The van der Waals surface area contributed by atoms with Crippen molar-refractivity contribution < 1.29 is 18.8 Å². The van der Waals surface area contributed by atoms with E-state index in [-0.39, 0.29) is 15.9 Å². The van der Waals surface area contributed by atoms with Crippen LogP contribution < -0.4 is 9.47 Å². The molecule has 3 rings (SSSR count). The number of hydrogen-bond donors (Lipinski definition) is 0. The summed E-state index contributed by atoms with van der Waals surface area (Å²) in [5.41, 5.74) is 0.577. The molecule has 0 unspecified atom stereocenters. The van der Waals surface area contributed by atoms with Crippen molar-refractivity contribution in [2.24, 2.45) is 0 Å². The molecule has 0 radical (unpaired) electrons. The van der Waals surface area contributed by atoms with E-state index in [9.17, 15) is 10.1 Å². The van der Waals surface area contributed by atoms with Crippen LogP contribution in [0.3, 0.4) is 0 Å². The summed E-state index contributed by atoms with van der Waals surface area (Å²) >= 11 is 7.19. The Morgan fingerprint density at radius 2 is 1.88 bits per heavy atom. The number of methoxy groups -OCH3 is 2. The molecule has 0 amide bonds. The summed E-state index contributed by atoms with van der Waals surface area (Å²) in [4.78, 5) is 10.8. The lowest BCUT2D eigenvalue weighted by atomic mass is 10.2. The van der Waals surface area contributed by atoms with Crippen LogP contribution in [0.5, 0.6) is 11.5 Å². The number of rotatable bonds is 6. The molecular weight excluding hydrogens is 382 g/mol. The summed E-state index contributed by atoms with van der Waals surface area (Å²) in [7, 11) is 3.08. The molecular formula is C16H12ClN3O5S. The Kier molecular flexibility index (Phi) is 5.29. The second kappa shape index (κ2) is 7.63. The Morgan fingerprint density at radius 3 is 2.54 bits per heavy atom. The van der Waals surface area contributed by atoms with Crippen molar-refractivity contribution in [2.75, 3.05) is 14.2 Å². The molecule has 0 aliphatic rings. The highest BCUT2D eigenvalue weighted by Gasteiger charge is 2.16. The van der Waals surface area contributed by atoms with Crippen molar-refractivity contribution in [3.05, 3.63) is 51.5 Å². The topological polar surface area (TPSA) is 101 Å². The van der Waals surface area contributed by atoms with Gasteiger partial charge in [0.25, 0.3) is 10.9 Å². The maximum absolute atomic E-state index is 10.8. The fourth-order valence-corrected chi connectivity index (χ4v) is 3.09. The number of hydrogen-bond acceptors (Lipinski definition) is 8. The van der Waals surface area contributed by atoms with Gasteiger partial charge in [0, 0.05) is 22.6 Å². The van der Waals surface area contributed by atoms with E-state index in [1.807, 2.05) is 0 Å². The smallest absolute Gasteiger partial charge is 0.281 e. The minimum atomic E-state index is -0.512. The molecule has 0 atom stereocenters. The van der Waals surface area contributed by atoms with Gasteiger partial charge in [-0.2, -0.15) is 0 Å². The van der Waals surface area contributed by atoms with Crippen LogP contribution in [0.2, 0.25) is 5.02 Å². The highest BCUT2D eigenvalue weighted by atomic mass is 35.5. The number of halogens is 1. The summed E-state index contributed by atoms with van der Waals surface area (Å²) in [5.74, 6) is 1.42. The minimum Gasteiger partial charge on any atom is -0.493 e. The highest BCUT2D eigenvalue weighted by molar-refractivity contribution is 7.99. The second-order valence-corrected chi connectivity index (χ2v) is 6.32. The minimum absolute atomic E-state index is 0.0871. The van der Waals surface area contributed by atoms with Crippen molar-refractivity contribution in [1.29, 1.82) is 0 Å². The molecule has 8 nitrogen and oxygen atoms in total. The Labute approximate surface area is 157 Å². The van der Waals surface area contributed by atoms with Crippen LogP contribution in [0, 0.1) is 10.1 Å². The molecule has 0 spiro atoms. The van der Waals surface area contributed by atoms with E-state index in [0.29, 0.717) is 27.8 Å². The van der Waals surface area contributed by atoms with Crippen LogP contribution in [-0.4, -0.2) is 29.3 Å². The van der Waals surface area contributed by atoms with E-state index >= 15 is 0 Å². The first-order chi connectivity index (χ1) is 12.5. The molecule has 0 fully saturated rings. The van der Waals surface area contributed by atoms with Gasteiger partial charge >= 0.3 is 0 Å². The third-order valence-corrected chi connectivity index (χ3v) is 4.70. The average Bonchev–Trinajstić information content (AvgIpc) is 3.11. The number of aromatic nitrogens is 2. The number of benzene rings is 2. The summed E-state index contributed by atoms with van der Waals surface area (Å²) in [6.07, 6.45) is 0. The summed E-state index contributed by atoms with van der Waals surface area (Å²) < 4.78 is 16.1. The molecule has 1 aromatic heterocycles. The second-order valence-electron chi connectivity index (χ2n) is 4.92. The Balaban J connectivity index is 1.83. The van der Waals surface area contributed by atoms with Gasteiger partial charge in [-0.05, 0) is 36.0 Å². The van der Waals surface area contributed by atoms with Gasteiger partial charge in [0.05, 0.1) is 24.2 Å². The number of non-ortho nitro benzene ring substituents is 1. The van der Waals surface area contributed by atoms with Crippen LogP contribution >= 0.6 is 23.4 Å². The van der Waals surface area contributed by atoms with Gasteiger partial charge in [-0.1, -0.05) is 11.6 Å². The van der Waals surface area contributed by atoms with Gasteiger partial charge in [0.2, 0.25) is 5.89 Å². The SMILES string of the molecule is COc1ccc(-c2nnc(Sc3ccc([N+](=O)[O-])cc3Cl)o2)cc1OC. The van der Waals surface area contributed by atoms with Gasteiger partial charge in [-0.3, -0.25) is 10.1 Å². The predicted octanol–water partition coefficient (Wildman–Crippen LogP) is 4.47. The van der Waals surface area contributed by atoms with Crippen LogP contribution in [0.1, 0.15) is 0 Å². The molecule has 134 valence electrons. The molecule has 0 saturated carbocycles. The van der Waals surface area contributed by atoms with Crippen molar-refractivity contribution >= 4 is 29.1 Å². The van der Waals surface area contributed by atoms with Crippen molar-refractivity contribution in [2.45, 2.75) is 10.1 Å². The molecule has 1 heterocycles. The van der Waals surface area contributed by atoms with E-state index < -0.39 is 4.92 Å². The summed E-state index contributed by atoms with van der Waals surface area (Å²) in [5, 5.41) is 19.2. The molecule has 2 aromatic carbocycles. The van der Waals surface area contributed by atoms with E-state index in [2.05, 4.69) is 10.2 Å². The highest BCUT2D eigenvalue weighted by Crippen LogP contribution is 2.37. The zero-order valence-corrected chi connectivity index (χ0v) is 15.2. The summed E-state index contributed by atoms with van der Waals surface area (Å²) in [6.45, 7) is 0. The Hall–Kier alpha value is -2.78. The fourth-order valence-electron chi connectivity index (χ4n) is 2.12. The third-order valence-electron chi connectivity index (χ3n) is 3.36. The van der Waals surface area contributed by atoms with Crippen LogP contribution in [0.4, 0.5) is 5.69 Å². The molecule has 0 N–H and O–H groups in total. The van der Waals surface area contributed by atoms with Gasteiger partial charge in [-0.15, -0.1) is 10.2 Å². The number of ether oxygens (including phenoxy) is 2. The van der Waals surface area contributed by atoms with E-state index in [1.165, 1.54) is 25.3 Å². The number of nitrogens with zero attached hydrogens (tertiary/aromatic N) is 3. The lowest BCUT2D eigenvalue weighted by molar-refractivity contribution is -0.384. The molecule has 26 heavy (non-hydrogen) atoms. The van der Waals surface area contributed by atoms with Gasteiger partial charge in [0.1, 0.15) is 0 Å². The fraction of sp³-hybridized carbons (Fsp3) is 0.125. The molecule has 3 aromatic rings. The molecule has 0 aliphatic heterocycles. The predicted molar refractivity (Wildman–Crippen MR) is 95.1 cm³/mol. The number of nitro groups is 1. The van der Waals surface area contributed by atoms with Gasteiger partial charge in [-0.25, -0.2) is 0 Å². The van der Waals surface area contributed by atoms with Crippen molar-refractivity contribution in [1.82, 2.24) is 10.2 Å². The zero-order valence-electron chi connectivity index (χ0n) is 13.6. The Bertz CT molecular complexity index is 963. The summed E-state index contributed by atoms with van der Waals surface area (Å²) in [6, 6.07) is 9.39. The number of nitro benzene ring substituents is 1. The van der Waals surface area contributed by atoms with Crippen LogP contribution in [0.25, 0.3) is 11.5 Å². The third kappa shape index (κ3) is 3.73. The van der Waals surface area contributed by atoms with Gasteiger partial charge < -0.3 is 13.9 Å². The maximum atomic E-state index is 10.8. The molecule has 0 saturated heterocycles. The van der Waals surface area contributed by atoms with Crippen molar-refractivity contribution in [3.63, 3.8) is 0 Å². The largest absolute Gasteiger partial charge is 0.493 e. The average molecular weight is 394 g/mol. The lowest BCUT2D eigenvalue weighted by Crippen LogP contribution is -1.90. The molecule has 0 aliphatic carbocycles. The quantitative estimate of drug-likeness (QED) is 0.446. The van der Waals surface area contributed by atoms with Crippen LogP contribution in [0.15, 0.2) is 50.9 Å². The Morgan fingerprint density at radius 1 is 1.12 bits per heavy atom. The standard InChI is InChI=1S/C16H12ClN3O5S/c1-23-12-5-3-9(7-13(12)24-2)15-18-19-16(25-15)26-14-6-4-10(20(21)22)8-11(14)17/h3-8H,1-2H3.